The number of aliphatic carboxylic acids is 1. The Kier molecular flexibility index (Phi) is 6.18. The summed E-state index contributed by atoms with van der Waals surface area (Å²) >= 11 is 0. The topological polar surface area (TPSA) is 88.5 Å². The normalized spacial score (nSPS) is 40.2. The molecule has 0 aliphatic heterocycles. The van der Waals surface area contributed by atoms with Crippen molar-refractivity contribution in [2.75, 3.05) is 0 Å². The van der Waals surface area contributed by atoms with Crippen LogP contribution in [0.3, 0.4) is 0 Å². The molecule has 5 heteroatoms. The van der Waals surface area contributed by atoms with E-state index in [0.717, 1.165) is 30.4 Å². The Labute approximate surface area is 209 Å². The predicted octanol–water partition coefficient (Wildman–Crippen LogP) is 5.89. The van der Waals surface area contributed by atoms with Gasteiger partial charge in [-0.05, 0) is 80.6 Å². The third-order valence-corrected chi connectivity index (χ3v) is 10.5. The highest BCUT2D eigenvalue weighted by atomic mass is 16.4. The third-order valence-electron chi connectivity index (χ3n) is 10.5. The summed E-state index contributed by atoms with van der Waals surface area (Å²) in [6.07, 6.45) is 7.99. The lowest BCUT2D eigenvalue weighted by molar-refractivity contribution is -0.154. The van der Waals surface area contributed by atoms with E-state index < -0.39 is 5.97 Å². The summed E-state index contributed by atoms with van der Waals surface area (Å²) in [5.74, 6) is -0.458. The second-order valence-corrected chi connectivity index (χ2v) is 12.6. The first-order valence-electron chi connectivity index (χ1n) is 13.1. The first-order valence-corrected chi connectivity index (χ1v) is 13.1. The van der Waals surface area contributed by atoms with Crippen LogP contribution in [-0.2, 0) is 19.2 Å². The maximum Gasteiger partial charge on any atom is 0.330 e. The highest BCUT2D eigenvalue weighted by molar-refractivity contribution is 6.01. The van der Waals surface area contributed by atoms with E-state index in [0.29, 0.717) is 30.6 Å². The summed E-state index contributed by atoms with van der Waals surface area (Å²) in [5, 5.41) is 9.48. The monoisotopic (exact) mass is 480 g/mol. The SMILES string of the molecule is CC(=O)C1=CC[C@@H](/C(C)=C2\C(=O)C[C@H]3[C@@]4(C)CCC(=O)C(C)(C)[C@@H]4CC[C@]23C)[C@@H]1/C=C(\C)C(=O)O. The maximum atomic E-state index is 13.7. The summed E-state index contributed by atoms with van der Waals surface area (Å²) in [7, 11) is 0. The molecule has 4 aliphatic rings. The van der Waals surface area contributed by atoms with Gasteiger partial charge in [-0.3, -0.25) is 14.4 Å². The minimum absolute atomic E-state index is 0.0475. The van der Waals surface area contributed by atoms with E-state index in [-0.39, 0.29) is 57.1 Å². The van der Waals surface area contributed by atoms with Crippen LogP contribution in [-0.4, -0.2) is 28.4 Å². The van der Waals surface area contributed by atoms with Crippen molar-refractivity contribution in [3.8, 4) is 0 Å². The van der Waals surface area contributed by atoms with Gasteiger partial charge < -0.3 is 5.11 Å². The average molecular weight is 481 g/mol. The lowest BCUT2D eigenvalue weighted by Gasteiger charge is -2.60. The lowest BCUT2D eigenvalue weighted by Crippen LogP contribution is -2.56. The number of Topliss-reactive ketones (excluding diaryl/α,β-unsaturated/α-hetero) is 3. The zero-order chi connectivity index (χ0) is 26.1. The first-order chi connectivity index (χ1) is 16.2. The summed E-state index contributed by atoms with van der Waals surface area (Å²) < 4.78 is 0. The molecule has 0 saturated heterocycles. The second kappa shape index (κ2) is 8.38. The number of allylic oxidation sites excluding steroid dienone is 5. The molecule has 4 aliphatic carbocycles. The maximum absolute atomic E-state index is 13.7. The zero-order valence-corrected chi connectivity index (χ0v) is 22.3. The largest absolute Gasteiger partial charge is 0.478 e. The number of carboxylic acids is 1. The number of carbonyl (C=O) groups is 4. The highest BCUT2D eigenvalue weighted by Crippen LogP contribution is 2.69. The van der Waals surface area contributed by atoms with Gasteiger partial charge in [0.2, 0.25) is 0 Å². The third kappa shape index (κ3) is 3.72. The van der Waals surface area contributed by atoms with Crippen molar-refractivity contribution >= 4 is 23.3 Å². The van der Waals surface area contributed by atoms with E-state index in [1.807, 2.05) is 13.0 Å². The van der Waals surface area contributed by atoms with Crippen molar-refractivity contribution in [2.45, 2.75) is 87.0 Å². The molecular weight excluding hydrogens is 440 g/mol. The molecule has 0 unspecified atom stereocenters. The van der Waals surface area contributed by atoms with Crippen LogP contribution in [0.25, 0.3) is 0 Å². The smallest absolute Gasteiger partial charge is 0.330 e. The standard InChI is InChI=1S/C30H40O5/c1-16(27(34)35)14-21-19(8-9-20(21)18(3)31)17(2)26-22(32)15-24-29(6)13-11-25(33)28(4,5)23(29)10-12-30(24,26)7/h9,14,19,21,23-24H,8,10-13,15H2,1-7H3,(H,34,35)/b16-14+,26-17+/t19-,21-,23-,24-,29-,30-/m0/s1. The second-order valence-electron chi connectivity index (χ2n) is 12.6. The highest BCUT2D eigenvalue weighted by Gasteiger charge is 2.64. The van der Waals surface area contributed by atoms with Crippen molar-refractivity contribution in [2.24, 2.45) is 39.9 Å². The van der Waals surface area contributed by atoms with E-state index in [1.165, 1.54) is 6.92 Å². The molecule has 1 N–H and O–H groups in total. The van der Waals surface area contributed by atoms with E-state index in [4.69, 9.17) is 0 Å². The summed E-state index contributed by atoms with van der Waals surface area (Å²) in [4.78, 5) is 50.5. The van der Waals surface area contributed by atoms with E-state index in [1.54, 1.807) is 13.0 Å². The van der Waals surface area contributed by atoms with Gasteiger partial charge in [0.25, 0.3) is 0 Å². The van der Waals surface area contributed by atoms with Gasteiger partial charge in [-0.2, -0.15) is 0 Å². The fourth-order valence-corrected chi connectivity index (χ4v) is 8.70. The first kappa shape index (κ1) is 25.8. The fraction of sp³-hybridized carbons (Fsp3) is 0.667. The minimum atomic E-state index is -0.992. The molecule has 4 rings (SSSR count). The molecule has 0 aromatic carbocycles. The van der Waals surface area contributed by atoms with Gasteiger partial charge in [0.05, 0.1) is 0 Å². The van der Waals surface area contributed by atoms with Crippen LogP contribution in [0.2, 0.25) is 0 Å². The summed E-state index contributed by atoms with van der Waals surface area (Å²) in [5.41, 5.74) is 2.08. The Hall–Kier alpha value is -2.30. The Morgan fingerprint density at radius 2 is 1.69 bits per heavy atom. The number of carbonyl (C=O) groups excluding carboxylic acids is 3. The van der Waals surface area contributed by atoms with Gasteiger partial charge in [-0.25, -0.2) is 4.79 Å². The number of ketones is 3. The van der Waals surface area contributed by atoms with Crippen LogP contribution in [0.15, 0.2) is 34.4 Å². The molecule has 0 radical (unpaired) electrons. The molecule has 5 nitrogen and oxygen atoms in total. The van der Waals surface area contributed by atoms with Crippen molar-refractivity contribution in [1.82, 2.24) is 0 Å². The zero-order valence-electron chi connectivity index (χ0n) is 22.3. The number of rotatable bonds is 4. The van der Waals surface area contributed by atoms with Crippen molar-refractivity contribution in [3.63, 3.8) is 0 Å². The van der Waals surface area contributed by atoms with Gasteiger partial charge >= 0.3 is 5.97 Å². The van der Waals surface area contributed by atoms with Crippen LogP contribution in [0.1, 0.15) is 87.0 Å². The Morgan fingerprint density at radius 3 is 2.29 bits per heavy atom. The minimum Gasteiger partial charge on any atom is -0.478 e. The molecular formula is C30H40O5. The lowest BCUT2D eigenvalue weighted by atomic mass is 9.43. The molecule has 0 aromatic heterocycles. The van der Waals surface area contributed by atoms with Gasteiger partial charge in [-0.1, -0.05) is 45.4 Å². The van der Waals surface area contributed by atoms with Crippen molar-refractivity contribution < 1.29 is 24.3 Å². The molecule has 0 amide bonds. The Morgan fingerprint density at radius 1 is 1.03 bits per heavy atom. The molecule has 0 bridgehead atoms. The van der Waals surface area contributed by atoms with Crippen LogP contribution in [0.4, 0.5) is 0 Å². The number of hydrogen-bond acceptors (Lipinski definition) is 4. The quantitative estimate of drug-likeness (QED) is 0.507. The van der Waals surface area contributed by atoms with E-state index in [2.05, 4.69) is 27.7 Å². The average Bonchev–Trinajstić information content (AvgIpc) is 3.29. The van der Waals surface area contributed by atoms with Crippen molar-refractivity contribution in [1.29, 1.82) is 0 Å². The number of carboxylic acid groups (broad SMARTS) is 1. The van der Waals surface area contributed by atoms with Crippen LogP contribution < -0.4 is 0 Å². The Balaban J connectivity index is 1.77. The van der Waals surface area contributed by atoms with Gasteiger partial charge in [-0.15, -0.1) is 0 Å². The van der Waals surface area contributed by atoms with Gasteiger partial charge in [0.15, 0.2) is 11.6 Å². The van der Waals surface area contributed by atoms with Crippen LogP contribution >= 0.6 is 0 Å². The van der Waals surface area contributed by atoms with E-state index in [9.17, 15) is 24.3 Å². The molecule has 0 spiro atoms. The number of fused-ring (bicyclic) bond motifs is 3. The van der Waals surface area contributed by atoms with E-state index >= 15 is 0 Å². The predicted molar refractivity (Wildman–Crippen MR) is 135 cm³/mol. The molecule has 35 heavy (non-hydrogen) atoms. The molecule has 6 atom stereocenters. The van der Waals surface area contributed by atoms with Crippen molar-refractivity contribution in [3.05, 3.63) is 34.4 Å². The fourth-order valence-electron chi connectivity index (χ4n) is 8.70. The van der Waals surface area contributed by atoms with Crippen LogP contribution in [0, 0.1) is 39.9 Å². The summed E-state index contributed by atoms with van der Waals surface area (Å²) in [6, 6.07) is 0. The van der Waals surface area contributed by atoms with Gasteiger partial charge in [0, 0.05) is 35.3 Å². The number of hydrogen-bond donors (Lipinski definition) is 1. The Bertz CT molecular complexity index is 1100. The molecule has 0 heterocycles. The molecule has 3 saturated carbocycles. The molecule has 190 valence electrons. The molecule has 3 fully saturated rings. The summed E-state index contributed by atoms with van der Waals surface area (Å²) in [6.45, 7) is 13.9. The van der Waals surface area contributed by atoms with Gasteiger partial charge in [0.1, 0.15) is 5.78 Å². The molecule has 0 aromatic rings. The van der Waals surface area contributed by atoms with Crippen LogP contribution in [0.5, 0.6) is 0 Å².